The Hall–Kier alpha value is -1.75. The lowest BCUT2D eigenvalue weighted by molar-refractivity contribution is -0.137. The molecule has 1 aliphatic rings. The summed E-state index contributed by atoms with van der Waals surface area (Å²) in [6.45, 7) is 2.12. The molecule has 3 N–H and O–H groups in total. The number of rotatable bonds is 4. The third kappa shape index (κ3) is 2.34. The highest BCUT2D eigenvalue weighted by Gasteiger charge is 2.23. The molecule has 0 spiro atoms. The first-order valence-electron chi connectivity index (χ1n) is 5.46. The predicted octanol–water partition coefficient (Wildman–Crippen LogP) is 1.59. The molecule has 1 aromatic carbocycles. The lowest BCUT2D eigenvalue weighted by atomic mass is 9.97. The van der Waals surface area contributed by atoms with Crippen LogP contribution in [-0.2, 0) is 4.79 Å². The Morgan fingerprint density at radius 1 is 1.53 bits per heavy atom. The van der Waals surface area contributed by atoms with Gasteiger partial charge in [-0.25, -0.2) is 0 Å². The van der Waals surface area contributed by atoms with E-state index in [1.54, 1.807) is 0 Å². The molecule has 2 rings (SSSR count). The van der Waals surface area contributed by atoms with Crippen molar-refractivity contribution < 1.29 is 19.4 Å². The second kappa shape index (κ2) is 4.63. The summed E-state index contributed by atoms with van der Waals surface area (Å²) in [6.07, 6.45) is 0.432. The van der Waals surface area contributed by atoms with E-state index in [-0.39, 0.29) is 19.3 Å². The fourth-order valence-electron chi connectivity index (χ4n) is 1.98. The molecule has 0 aliphatic carbocycles. The van der Waals surface area contributed by atoms with Gasteiger partial charge in [0.1, 0.15) is 0 Å². The Morgan fingerprint density at radius 2 is 2.29 bits per heavy atom. The minimum absolute atomic E-state index is 0.0468. The van der Waals surface area contributed by atoms with Crippen molar-refractivity contribution in [2.75, 3.05) is 6.79 Å². The van der Waals surface area contributed by atoms with Crippen LogP contribution in [-0.4, -0.2) is 17.9 Å². The van der Waals surface area contributed by atoms with Gasteiger partial charge in [-0.2, -0.15) is 0 Å². The van der Waals surface area contributed by atoms with Crippen molar-refractivity contribution in [2.45, 2.75) is 25.8 Å². The molecule has 1 aromatic rings. The summed E-state index contributed by atoms with van der Waals surface area (Å²) >= 11 is 0. The smallest absolute Gasteiger partial charge is 0.303 e. The number of carbonyl (C=O) groups is 1. The van der Waals surface area contributed by atoms with Crippen LogP contribution < -0.4 is 15.2 Å². The molecule has 5 heteroatoms. The average Bonchev–Trinajstić information content (AvgIpc) is 2.73. The van der Waals surface area contributed by atoms with Crippen molar-refractivity contribution >= 4 is 5.97 Å². The topological polar surface area (TPSA) is 81.8 Å². The zero-order valence-corrected chi connectivity index (χ0v) is 9.60. The molecule has 0 bridgehead atoms. The fourth-order valence-corrected chi connectivity index (χ4v) is 1.98. The first-order valence-corrected chi connectivity index (χ1v) is 5.46. The van der Waals surface area contributed by atoms with E-state index in [4.69, 9.17) is 20.3 Å². The van der Waals surface area contributed by atoms with Crippen LogP contribution in [0.1, 0.15) is 30.0 Å². The number of benzene rings is 1. The van der Waals surface area contributed by atoms with E-state index < -0.39 is 5.97 Å². The fraction of sp³-hybridized carbons (Fsp3) is 0.417. The molecule has 1 aliphatic heterocycles. The molecule has 0 amide bonds. The monoisotopic (exact) mass is 237 g/mol. The normalized spacial score (nSPS) is 14.7. The van der Waals surface area contributed by atoms with Crippen LogP contribution in [0.3, 0.4) is 0 Å². The lowest BCUT2D eigenvalue weighted by Crippen LogP contribution is -2.14. The second-order valence-corrected chi connectivity index (χ2v) is 4.07. The van der Waals surface area contributed by atoms with Crippen LogP contribution in [0.4, 0.5) is 0 Å². The molecule has 0 aromatic heterocycles. The number of hydrogen-bond acceptors (Lipinski definition) is 4. The molecule has 5 nitrogen and oxygen atoms in total. The van der Waals surface area contributed by atoms with E-state index >= 15 is 0 Å². The van der Waals surface area contributed by atoms with Crippen LogP contribution in [0.5, 0.6) is 11.5 Å². The van der Waals surface area contributed by atoms with E-state index in [0.717, 1.165) is 11.1 Å². The Morgan fingerprint density at radius 3 is 3.00 bits per heavy atom. The van der Waals surface area contributed by atoms with Crippen LogP contribution in [0, 0.1) is 6.92 Å². The van der Waals surface area contributed by atoms with Crippen molar-refractivity contribution in [3.8, 4) is 11.5 Å². The molecule has 0 saturated carbocycles. The summed E-state index contributed by atoms with van der Waals surface area (Å²) in [5.41, 5.74) is 7.86. The van der Waals surface area contributed by atoms with Crippen molar-refractivity contribution in [2.24, 2.45) is 5.73 Å². The number of carboxylic acid groups (broad SMARTS) is 1. The summed E-state index contributed by atoms with van der Waals surface area (Å²) in [7, 11) is 0. The minimum Gasteiger partial charge on any atom is -0.481 e. The Bertz CT molecular complexity index is 444. The van der Waals surface area contributed by atoms with E-state index in [9.17, 15) is 4.79 Å². The van der Waals surface area contributed by atoms with Crippen LogP contribution in [0.25, 0.3) is 0 Å². The van der Waals surface area contributed by atoms with E-state index in [2.05, 4.69) is 0 Å². The minimum atomic E-state index is -0.845. The van der Waals surface area contributed by atoms with E-state index in [0.29, 0.717) is 17.9 Å². The molecule has 1 heterocycles. The summed E-state index contributed by atoms with van der Waals surface area (Å²) in [4.78, 5) is 10.5. The second-order valence-electron chi connectivity index (χ2n) is 4.07. The maximum atomic E-state index is 10.5. The number of nitrogens with two attached hydrogens (primary N) is 1. The maximum Gasteiger partial charge on any atom is 0.303 e. The Kier molecular flexibility index (Phi) is 3.19. The van der Waals surface area contributed by atoms with Gasteiger partial charge in [0.2, 0.25) is 6.79 Å². The number of carboxylic acids is 1. The summed E-state index contributed by atoms with van der Waals surface area (Å²) in [6, 6.07) is 3.40. The van der Waals surface area contributed by atoms with Crippen molar-refractivity contribution in [3.63, 3.8) is 0 Å². The number of fused-ring (bicyclic) bond motifs is 1. The van der Waals surface area contributed by atoms with Crippen molar-refractivity contribution in [1.29, 1.82) is 0 Å². The maximum absolute atomic E-state index is 10.5. The van der Waals surface area contributed by atoms with Crippen molar-refractivity contribution in [3.05, 3.63) is 23.3 Å². The quantitative estimate of drug-likeness (QED) is 0.831. The first kappa shape index (κ1) is 11.7. The zero-order valence-electron chi connectivity index (χ0n) is 9.60. The highest BCUT2D eigenvalue weighted by molar-refractivity contribution is 5.66. The van der Waals surface area contributed by atoms with Crippen LogP contribution in [0.2, 0.25) is 0 Å². The van der Waals surface area contributed by atoms with Gasteiger partial charge in [0.05, 0.1) is 0 Å². The lowest BCUT2D eigenvalue weighted by Gasteiger charge is -2.16. The van der Waals surface area contributed by atoms with Gasteiger partial charge in [0.25, 0.3) is 0 Å². The summed E-state index contributed by atoms with van der Waals surface area (Å²) < 4.78 is 10.7. The highest BCUT2D eigenvalue weighted by Crippen LogP contribution is 2.40. The summed E-state index contributed by atoms with van der Waals surface area (Å²) in [5, 5.41) is 8.66. The van der Waals surface area contributed by atoms with Gasteiger partial charge >= 0.3 is 5.97 Å². The van der Waals surface area contributed by atoms with E-state index in [1.165, 1.54) is 0 Å². The van der Waals surface area contributed by atoms with E-state index in [1.807, 2.05) is 19.1 Å². The number of aryl methyl sites for hydroxylation is 1. The molecular weight excluding hydrogens is 222 g/mol. The largest absolute Gasteiger partial charge is 0.481 e. The number of ether oxygens (including phenoxy) is 2. The van der Waals surface area contributed by atoms with Gasteiger partial charge < -0.3 is 20.3 Å². The Balaban J connectivity index is 2.25. The Labute approximate surface area is 99.1 Å². The first-order chi connectivity index (χ1) is 8.09. The molecular formula is C12H15NO4. The zero-order chi connectivity index (χ0) is 12.4. The number of aliphatic carboxylic acids is 1. The van der Waals surface area contributed by atoms with Gasteiger partial charge in [-0.3, -0.25) is 4.79 Å². The van der Waals surface area contributed by atoms with Crippen molar-refractivity contribution in [1.82, 2.24) is 0 Å². The van der Waals surface area contributed by atoms with Gasteiger partial charge in [0, 0.05) is 18.0 Å². The number of hydrogen-bond donors (Lipinski definition) is 2. The van der Waals surface area contributed by atoms with Crippen LogP contribution in [0.15, 0.2) is 12.1 Å². The third-order valence-corrected chi connectivity index (χ3v) is 2.84. The summed E-state index contributed by atoms with van der Waals surface area (Å²) in [5.74, 6) is 0.488. The van der Waals surface area contributed by atoms with Gasteiger partial charge in [-0.15, -0.1) is 0 Å². The standard InChI is InChI=1S/C12H15NO4/c1-7-2-4-9-12(17-6-16-9)11(7)8(13)3-5-10(14)15/h2,4,8H,3,5-6,13H2,1H3,(H,14,15). The molecule has 0 saturated heterocycles. The molecule has 17 heavy (non-hydrogen) atoms. The van der Waals surface area contributed by atoms with Gasteiger partial charge in [-0.05, 0) is 25.0 Å². The molecule has 1 unspecified atom stereocenters. The predicted molar refractivity (Wildman–Crippen MR) is 61.1 cm³/mol. The van der Waals surface area contributed by atoms with Crippen LogP contribution >= 0.6 is 0 Å². The molecule has 0 radical (unpaired) electrons. The van der Waals surface area contributed by atoms with Gasteiger partial charge in [-0.1, -0.05) is 6.07 Å². The molecule has 0 fully saturated rings. The molecule has 92 valence electrons. The average molecular weight is 237 g/mol. The highest BCUT2D eigenvalue weighted by atomic mass is 16.7. The van der Waals surface area contributed by atoms with Gasteiger partial charge in [0.15, 0.2) is 11.5 Å². The molecule has 1 atom stereocenters. The SMILES string of the molecule is Cc1ccc2c(c1C(N)CCC(=O)O)OCO2. The third-order valence-electron chi connectivity index (χ3n) is 2.84.